The summed E-state index contributed by atoms with van der Waals surface area (Å²) in [4.78, 5) is 13.4. The molecule has 3 N–H and O–H groups in total. The van der Waals surface area contributed by atoms with E-state index in [0.717, 1.165) is 41.0 Å². The van der Waals surface area contributed by atoms with Crippen molar-refractivity contribution in [2.24, 2.45) is 0 Å². The van der Waals surface area contributed by atoms with Crippen molar-refractivity contribution < 1.29 is 13.5 Å². The van der Waals surface area contributed by atoms with Crippen LogP contribution in [-0.4, -0.2) is 64.8 Å². The molecule has 0 bridgehead atoms. The average molecular weight is 548 g/mol. The number of nitrogens with one attached hydrogen (secondary N) is 2. The number of aromatic nitrogens is 7. The first-order valence-corrected chi connectivity index (χ1v) is 14.4. The van der Waals surface area contributed by atoms with Gasteiger partial charge in [-0.25, -0.2) is 23.4 Å². The topological polar surface area (TPSA) is 161 Å². The fourth-order valence-corrected chi connectivity index (χ4v) is 6.15. The minimum Gasteiger partial charge on any atom is -0.390 e. The highest BCUT2D eigenvalue weighted by Crippen LogP contribution is 2.34. The first-order chi connectivity index (χ1) is 18.8. The highest BCUT2D eigenvalue weighted by molar-refractivity contribution is 7.90. The Balaban J connectivity index is 1.25. The van der Waals surface area contributed by atoms with Crippen LogP contribution in [0.3, 0.4) is 0 Å². The maximum Gasteiger partial charge on any atom is 0.256 e. The van der Waals surface area contributed by atoms with Crippen LogP contribution in [0, 0.1) is 0 Å². The standard InChI is InChI=1S/C26H29N9O3S/c1-26(36)9-6-18(7-10-26)31-22-13-24(28-15-20(22)21-3-2-11-29-34-21)32-23-8-12-27-25(33-23)17-14-30-35(16-17)39(37,38)19-4-5-19/h2-3,8,11-16,18-19,36H,4-7,9-10H2,1H3,(H2,27,28,31,32,33). The smallest absolute Gasteiger partial charge is 0.256 e. The first kappa shape index (κ1) is 25.3. The molecule has 0 saturated heterocycles. The molecule has 4 aromatic rings. The Morgan fingerprint density at radius 1 is 1.05 bits per heavy atom. The van der Waals surface area contributed by atoms with Gasteiger partial charge in [-0.15, -0.1) is 0 Å². The summed E-state index contributed by atoms with van der Waals surface area (Å²) in [6.45, 7) is 1.88. The molecule has 0 aliphatic heterocycles. The molecule has 4 aromatic heterocycles. The normalized spacial score (nSPS) is 21.4. The second-order valence-electron chi connectivity index (χ2n) is 10.4. The van der Waals surface area contributed by atoms with Gasteiger partial charge in [-0.2, -0.15) is 19.4 Å². The number of anilines is 3. The summed E-state index contributed by atoms with van der Waals surface area (Å²) >= 11 is 0. The molecular formula is C26H29N9O3S. The predicted octanol–water partition coefficient (Wildman–Crippen LogP) is 3.38. The van der Waals surface area contributed by atoms with Crippen LogP contribution in [-0.2, 0) is 10.0 Å². The van der Waals surface area contributed by atoms with Gasteiger partial charge < -0.3 is 15.7 Å². The van der Waals surface area contributed by atoms with Gasteiger partial charge >= 0.3 is 0 Å². The second-order valence-corrected chi connectivity index (χ2v) is 12.4. The summed E-state index contributed by atoms with van der Waals surface area (Å²) < 4.78 is 26.0. The number of rotatable bonds is 8. The number of aliphatic hydroxyl groups is 1. The molecular weight excluding hydrogens is 518 g/mol. The van der Waals surface area contributed by atoms with Crippen LogP contribution in [0.1, 0.15) is 45.4 Å². The van der Waals surface area contributed by atoms with E-state index < -0.39 is 15.6 Å². The lowest BCUT2D eigenvalue weighted by Crippen LogP contribution is -2.35. The molecule has 13 heteroatoms. The molecule has 2 saturated carbocycles. The van der Waals surface area contributed by atoms with Crippen molar-refractivity contribution in [3.05, 3.63) is 55.2 Å². The van der Waals surface area contributed by atoms with Crippen LogP contribution in [0.4, 0.5) is 17.3 Å². The largest absolute Gasteiger partial charge is 0.390 e. The quantitative estimate of drug-likeness (QED) is 0.296. The van der Waals surface area contributed by atoms with E-state index in [9.17, 15) is 13.5 Å². The fourth-order valence-electron chi connectivity index (χ4n) is 4.67. The van der Waals surface area contributed by atoms with E-state index in [2.05, 4.69) is 40.9 Å². The molecule has 0 radical (unpaired) electrons. The van der Waals surface area contributed by atoms with Crippen LogP contribution < -0.4 is 10.6 Å². The highest BCUT2D eigenvalue weighted by Gasteiger charge is 2.37. The molecule has 2 fully saturated rings. The van der Waals surface area contributed by atoms with Crippen LogP contribution in [0.15, 0.2) is 55.2 Å². The minimum absolute atomic E-state index is 0.199. The number of hydrogen-bond donors (Lipinski definition) is 3. The Labute approximate surface area is 226 Å². The summed E-state index contributed by atoms with van der Waals surface area (Å²) in [5.74, 6) is 1.41. The first-order valence-electron chi connectivity index (χ1n) is 12.9. The van der Waals surface area contributed by atoms with E-state index in [1.54, 1.807) is 24.7 Å². The molecule has 6 rings (SSSR count). The number of pyridine rings is 1. The summed E-state index contributed by atoms with van der Waals surface area (Å²) in [5.41, 5.74) is 2.24. The van der Waals surface area contributed by atoms with Crippen molar-refractivity contribution in [1.29, 1.82) is 0 Å². The van der Waals surface area contributed by atoms with Gasteiger partial charge in [-0.1, -0.05) is 0 Å². The van der Waals surface area contributed by atoms with Crippen LogP contribution in [0.5, 0.6) is 0 Å². The van der Waals surface area contributed by atoms with Crippen molar-refractivity contribution in [3.63, 3.8) is 0 Å². The number of hydrogen-bond acceptors (Lipinski definition) is 11. The lowest BCUT2D eigenvalue weighted by atomic mass is 9.83. The van der Waals surface area contributed by atoms with E-state index in [-0.39, 0.29) is 11.3 Å². The Kier molecular flexibility index (Phi) is 6.47. The average Bonchev–Trinajstić information content (AvgIpc) is 3.68. The zero-order valence-electron chi connectivity index (χ0n) is 21.4. The molecule has 0 atom stereocenters. The predicted molar refractivity (Wildman–Crippen MR) is 146 cm³/mol. The molecule has 0 unspecified atom stereocenters. The zero-order chi connectivity index (χ0) is 27.0. The Morgan fingerprint density at radius 3 is 2.62 bits per heavy atom. The molecule has 0 spiro atoms. The van der Waals surface area contributed by atoms with Gasteiger partial charge in [0.1, 0.15) is 11.6 Å². The zero-order valence-corrected chi connectivity index (χ0v) is 22.2. The Morgan fingerprint density at radius 2 is 1.87 bits per heavy atom. The minimum atomic E-state index is -3.47. The third kappa shape index (κ3) is 5.59. The van der Waals surface area contributed by atoms with E-state index in [1.807, 2.05) is 25.1 Å². The van der Waals surface area contributed by atoms with Gasteiger partial charge in [0.25, 0.3) is 10.0 Å². The van der Waals surface area contributed by atoms with Gasteiger partial charge in [-0.3, -0.25) is 0 Å². The summed E-state index contributed by atoms with van der Waals surface area (Å²) in [5, 5.41) is 29.1. The molecule has 0 aromatic carbocycles. The van der Waals surface area contributed by atoms with Gasteiger partial charge in [0.05, 0.1) is 34.5 Å². The summed E-state index contributed by atoms with van der Waals surface area (Å²) in [6, 6.07) is 7.53. The second kappa shape index (κ2) is 9.97. The summed E-state index contributed by atoms with van der Waals surface area (Å²) in [6.07, 6.45) is 12.3. The molecule has 4 heterocycles. The van der Waals surface area contributed by atoms with Crippen LogP contribution >= 0.6 is 0 Å². The van der Waals surface area contributed by atoms with Crippen molar-refractivity contribution >= 4 is 27.3 Å². The van der Waals surface area contributed by atoms with E-state index in [1.165, 1.54) is 12.4 Å². The van der Waals surface area contributed by atoms with E-state index >= 15 is 0 Å². The van der Waals surface area contributed by atoms with Gasteiger partial charge in [-0.05, 0) is 63.6 Å². The van der Waals surface area contributed by atoms with Crippen molar-refractivity contribution in [1.82, 2.24) is 34.3 Å². The maximum atomic E-state index is 12.5. The lowest BCUT2D eigenvalue weighted by Gasteiger charge is -2.34. The summed E-state index contributed by atoms with van der Waals surface area (Å²) in [7, 11) is -3.47. The highest BCUT2D eigenvalue weighted by atomic mass is 32.2. The van der Waals surface area contributed by atoms with Crippen LogP contribution in [0.2, 0.25) is 0 Å². The van der Waals surface area contributed by atoms with Gasteiger partial charge in [0.2, 0.25) is 0 Å². The van der Waals surface area contributed by atoms with Crippen molar-refractivity contribution in [2.75, 3.05) is 10.6 Å². The number of nitrogens with zero attached hydrogens (tertiary/aromatic N) is 7. The Bertz CT molecular complexity index is 1580. The molecule has 202 valence electrons. The van der Waals surface area contributed by atoms with Crippen LogP contribution in [0.25, 0.3) is 22.6 Å². The monoisotopic (exact) mass is 547 g/mol. The van der Waals surface area contributed by atoms with E-state index in [4.69, 9.17) is 0 Å². The van der Waals surface area contributed by atoms with Crippen molar-refractivity contribution in [2.45, 2.75) is 62.3 Å². The van der Waals surface area contributed by atoms with E-state index in [0.29, 0.717) is 41.6 Å². The van der Waals surface area contributed by atoms with Gasteiger partial charge in [0.15, 0.2) is 5.82 Å². The maximum absolute atomic E-state index is 12.5. The molecule has 12 nitrogen and oxygen atoms in total. The third-order valence-corrected chi connectivity index (χ3v) is 9.15. The molecule has 39 heavy (non-hydrogen) atoms. The van der Waals surface area contributed by atoms with Crippen molar-refractivity contribution in [3.8, 4) is 22.6 Å². The molecule has 2 aliphatic rings. The fraction of sp³-hybridized carbons (Fsp3) is 0.385. The Hall–Kier alpha value is -3.97. The SMILES string of the molecule is CC1(O)CCC(Nc2cc(Nc3ccnc(-c4cnn(S(=O)(=O)C5CC5)c4)n3)ncc2-c2cccnn2)CC1. The molecule has 0 amide bonds. The lowest BCUT2D eigenvalue weighted by molar-refractivity contribution is 0.0196. The third-order valence-electron chi connectivity index (χ3n) is 7.11. The molecule has 2 aliphatic carbocycles. The van der Waals surface area contributed by atoms with Gasteiger partial charge in [0, 0.05) is 41.9 Å².